The van der Waals surface area contributed by atoms with Crippen molar-refractivity contribution in [1.82, 2.24) is 14.8 Å². The first kappa shape index (κ1) is 20.2. The number of carbonyl (C=O) groups is 1. The van der Waals surface area contributed by atoms with Crippen LogP contribution in [0.15, 0.2) is 29.4 Å². The standard InChI is InChI=1S/C21H27FN4O2S/c1-13(16-11-14-6-7-15(16)10-14)26-20(12-28-18-5-3-2-4-17(18)22)24-25-21(26)29-9-8-19(23)27/h2-5,13-16H,6-12H2,1H3,(H2,23,27). The number of rotatable bonds is 9. The SMILES string of the molecule is CC(C1CC2CCC1C2)n1c(COc2ccccc2F)nnc1SCCC(N)=O. The second kappa shape index (κ2) is 8.73. The highest BCUT2D eigenvalue weighted by molar-refractivity contribution is 7.99. The molecule has 0 radical (unpaired) electrons. The largest absolute Gasteiger partial charge is 0.483 e. The van der Waals surface area contributed by atoms with Crippen molar-refractivity contribution in [1.29, 1.82) is 0 Å². The van der Waals surface area contributed by atoms with Crippen molar-refractivity contribution in [3.63, 3.8) is 0 Å². The molecule has 29 heavy (non-hydrogen) atoms. The van der Waals surface area contributed by atoms with E-state index < -0.39 is 5.82 Å². The number of benzene rings is 1. The number of ether oxygens (including phenoxy) is 1. The number of para-hydroxylation sites is 1. The molecule has 2 bridgehead atoms. The molecule has 6 nitrogen and oxygen atoms in total. The minimum absolute atomic E-state index is 0.148. The maximum Gasteiger partial charge on any atom is 0.218 e. The van der Waals surface area contributed by atoms with Crippen LogP contribution in [0.25, 0.3) is 0 Å². The van der Waals surface area contributed by atoms with Gasteiger partial charge < -0.3 is 10.5 Å². The van der Waals surface area contributed by atoms with E-state index >= 15 is 0 Å². The van der Waals surface area contributed by atoms with Gasteiger partial charge in [-0.3, -0.25) is 9.36 Å². The summed E-state index contributed by atoms with van der Waals surface area (Å²) in [5.74, 6) is 2.92. The first-order chi connectivity index (χ1) is 14.0. The molecule has 2 fully saturated rings. The van der Waals surface area contributed by atoms with Gasteiger partial charge in [-0.2, -0.15) is 0 Å². The van der Waals surface area contributed by atoms with Gasteiger partial charge in [0.1, 0.15) is 6.61 Å². The molecule has 2 aliphatic carbocycles. The molecule has 2 aromatic rings. The summed E-state index contributed by atoms with van der Waals surface area (Å²) in [5, 5.41) is 9.47. The van der Waals surface area contributed by atoms with E-state index in [2.05, 4.69) is 21.7 Å². The molecular formula is C21H27FN4O2S. The zero-order chi connectivity index (χ0) is 20.4. The fraction of sp³-hybridized carbons (Fsp3) is 0.571. The molecule has 2 aliphatic rings. The van der Waals surface area contributed by atoms with Crippen LogP contribution >= 0.6 is 11.8 Å². The van der Waals surface area contributed by atoms with E-state index in [0.29, 0.717) is 23.9 Å². The van der Waals surface area contributed by atoms with Crippen molar-refractivity contribution in [2.75, 3.05) is 5.75 Å². The van der Waals surface area contributed by atoms with Crippen LogP contribution < -0.4 is 10.5 Å². The van der Waals surface area contributed by atoms with E-state index in [9.17, 15) is 9.18 Å². The van der Waals surface area contributed by atoms with E-state index in [1.807, 2.05) is 0 Å². The molecule has 0 saturated heterocycles. The van der Waals surface area contributed by atoms with Crippen LogP contribution in [0.2, 0.25) is 0 Å². The van der Waals surface area contributed by atoms with E-state index in [-0.39, 0.29) is 24.3 Å². The van der Waals surface area contributed by atoms with Crippen LogP contribution in [0, 0.1) is 23.6 Å². The van der Waals surface area contributed by atoms with E-state index in [0.717, 1.165) is 17.0 Å². The summed E-state index contributed by atoms with van der Waals surface area (Å²) in [6, 6.07) is 6.60. The van der Waals surface area contributed by atoms with Gasteiger partial charge in [0.15, 0.2) is 22.5 Å². The number of nitrogens with two attached hydrogens (primary N) is 1. The molecule has 156 valence electrons. The Morgan fingerprint density at radius 3 is 2.86 bits per heavy atom. The van der Waals surface area contributed by atoms with Gasteiger partial charge in [0, 0.05) is 18.2 Å². The van der Waals surface area contributed by atoms with Gasteiger partial charge in [0.25, 0.3) is 0 Å². The Balaban J connectivity index is 1.54. The highest BCUT2D eigenvalue weighted by atomic mass is 32.2. The highest BCUT2D eigenvalue weighted by Gasteiger charge is 2.43. The Morgan fingerprint density at radius 2 is 2.17 bits per heavy atom. The van der Waals surface area contributed by atoms with E-state index in [1.54, 1.807) is 18.2 Å². The van der Waals surface area contributed by atoms with Crippen molar-refractivity contribution in [3.8, 4) is 5.75 Å². The molecule has 1 aromatic carbocycles. The number of nitrogens with zero attached hydrogens (tertiary/aromatic N) is 3. The molecule has 4 unspecified atom stereocenters. The van der Waals surface area contributed by atoms with Gasteiger partial charge in [0.2, 0.25) is 5.91 Å². The third-order valence-corrected chi connectivity index (χ3v) is 7.27. The number of halogens is 1. The summed E-state index contributed by atoms with van der Waals surface area (Å²) in [6.45, 7) is 2.37. The topological polar surface area (TPSA) is 83.0 Å². The minimum atomic E-state index is -0.393. The fourth-order valence-corrected chi connectivity index (χ4v) is 5.93. The number of aromatic nitrogens is 3. The lowest BCUT2D eigenvalue weighted by Crippen LogP contribution is -2.24. The molecule has 2 N–H and O–H groups in total. The number of hydrogen-bond donors (Lipinski definition) is 1. The van der Waals surface area contributed by atoms with Gasteiger partial charge >= 0.3 is 0 Å². The smallest absolute Gasteiger partial charge is 0.218 e. The second-order valence-corrected chi connectivity index (χ2v) is 9.19. The molecule has 1 amide bonds. The lowest BCUT2D eigenvalue weighted by molar-refractivity contribution is -0.117. The number of thioether (sulfide) groups is 1. The Bertz CT molecular complexity index is 874. The van der Waals surface area contributed by atoms with Crippen LogP contribution in [0.3, 0.4) is 0 Å². The summed E-state index contributed by atoms with van der Waals surface area (Å²) in [7, 11) is 0. The quantitative estimate of drug-likeness (QED) is 0.623. The number of primary amides is 1. The summed E-state index contributed by atoms with van der Waals surface area (Å²) >= 11 is 1.49. The Morgan fingerprint density at radius 1 is 1.34 bits per heavy atom. The maximum atomic E-state index is 13.9. The van der Waals surface area contributed by atoms with Gasteiger partial charge in [-0.25, -0.2) is 4.39 Å². The Kier molecular flexibility index (Phi) is 6.08. The number of carbonyl (C=O) groups excluding carboxylic acids is 1. The molecule has 4 atom stereocenters. The first-order valence-corrected chi connectivity index (χ1v) is 11.2. The van der Waals surface area contributed by atoms with Crippen LogP contribution in [0.1, 0.15) is 50.9 Å². The number of hydrogen-bond acceptors (Lipinski definition) is 5. The third-order valence-electron chi connectivity index (χ3n) is 6.33. The molecule has 0 spiro atoms. The highest BCUT2D eigenvalue weighted by Crippen LogP contribution is 2.52. The molecule has 0 aliphatic heterocycles. The van der Waals surface area contributed by atoms with Crippen molar-refractivity contribution >= 4 is 17.7 Å². The van der Waals surface area contributed by atoms with Crippen LogP contribution in [0.4, 0.5) is 4.39 Å². The molecule has 1 aromatic heterocycles. The van der Waals surface area contributed by atoms with Gasteiger partial charge in [-0.15, -0.1) is 10.2 Å². The van der Waals surface area contributed by atoms with Crippen LogP contribution in [0.5, 0.6) is 5.75 Å². The predicted octanol–water partition coefficient (Wildman–Crippen LogP) is 3.96. The second-order valence-electron chi connectivity index (χ2n) is 8.13. The maximum absolute atomic E-state index is 13.9. The van der Waals surface area contributed by atoms with Crippen LogP contribution in [-0.4, -0.2) is 26.4 Å². The third kappa shape index (κ3) is 4.42. The first-order valence-electron chi connectivity index (χ1n) is 10.2. The van der Waals surface area contributed by atoms with E-state index in [4.69, 9.17) is 10.5 Å². The predicted molar refractivity (Wildman–Crippen MR) is 109 cm³/mol. The zero-order valence-corrected chi connectivity index (χ0v) is 17.4. The average molecular weight is 419 g/mol. The Labute approximate surface area is 174 Å². The van der Waals surface area contributed by atoms with Gasteiger partial charge in [0.05, 0.1) is 0 Å². The Hall–Kier alpha value is -2.09. The zero-order valence-electron chi connectivity index (χ0n) is 16.6. The molecule has 2 saturated carbocycles. The number of amides is 1. The lowest BCUT2D eigenvalue weighted by Gasteiger charge is -2.30. The van der Waals surface area contributed by atoms with E-state index in [1.165, 1.54) is 43.5 Å². The molecule has 8 heteroatoms. The monoisotopic (exact) mass is 418 g/mol. The fourth-order valence-electron chi connectivity index (χ4n) is 4.94. The van der Waals surface area contributed by atoms with Crippen LogP contribution in [-0.2, 0) is 11.4 Å². The normalized spacial score (nSPS) is 24.0. The van der Waals surface area contributed by atoms with Crippen molar-refractivity contribution in [2.45, 2.75) is 56.8 Å². The lowest BCUT2D eigenvalue weighted by atomic mass is 9.84. The number of fused-ring (bicyclic) bond motifs is 2. The molecule has 4 rings (SSSR count). The van der Waals surface area contributed by atoms with Crippen molar-refractivity contribution in [2.24, 2.45) is 23.5 Å². The minimum Gasteiger partial charge on any atom is -0.483 e. The summed E-state index contributed by atoms with van der Waals surface area (Å²) in [4.78, 5) is 11.1. The summed E-state index contributed by atoms with van der Waals surface area (Å²) < 4.78 is 21.8. The van der Waals surface area contributed by atoms with Gasteiger partial charge in [-0.05, 0) is 56.1 Å². The summed E-state index contributed by atoms with van der Waals surface area (Å²) in [5.41, 5.74) is 5.28. The summed E-state index contributed by atoms with van der Waals surface area (Å²) in [6.07, 6.45) is 5.50. The van der Waals surface area contributed by atoms with Gasteiger partial charge in [-0.1, -0.05) is 30.3 Å². The molecule has 1 heterocycles. The van der Waals surface area contributed by atoms with Crippen molar-refractivity contribution in [3.05, 3.63) is 35.9 Å². The average Bonchev–Trinajstić information content (AvgIpc) is 3.42. The van der Waals surface area contributed by atoms with Crippen molar-refractivity contribution < 1.29 is 13.9 Å². The molecular weight excluding hydrogens is 391 g/mol.